The molecule has 0 radical (unpaired) electrons. The summed E-state index contributed by atoms with van der Waals surface area (Å²) in [5.41, 5.74) is 2.95. The smallest absolute Gasteiger partial charge is 0.337 e. The molecule has 1 atom stereocenters. The molecule has 2 aliphatic rings. The molecule has 4 rings (SSSR count). The molecule has 0 amide bonds. The van der Waals surface area contributed by atoms with E-state index in [0.717, 1.165) is 17.1 Å². The van der Waals surface area contributed by atoms with E-state index in [4.69, 9.17) is 0 Å². The Kier molecular flexibility index (Phi) is 6.27. The van der Waals surface area contributed by atoms with Crippen molar-refractivity contribution in [1.82, 2.24) is 14.1 Å². The second-order valence-electron chi connectivity index (χ2n) is 8.43. The third-order valence-corrected chi connectivity index (χ3v) is 9.97. The summed E-state index contributed by atoms with van der Waals surface area (Å²) in [7, 11) is -5.44. The molecule has 1 unspecified atom stereocenters. The van der Waals surface area contributed by atoms with Crippen LogP contribution in [0, 0.1) is 13.8 Å². The summed E-state index contributed by atoms with van der Waals surface area (Å²) in [6.45, 7) is 5.44. The molecule has 10 nitrogen and oxygen atoms in total. The normalized spacial score (nSPS) is 21.3. The van der Waals surface area contributed by atoms with Gasteiger partial charge in [-0.25, -0.2) is 21.6 Å². The van der Waals surface area contributed by atoms with Crippen LogP contribution >= 0.6 is 0 Å². The second-order valence-corrected chi connectivity index (χ2v) is 12.6. The van der Waals surface area contributed by atoms with E-state index in [9.17, 15) is 21.6 Å². The average Bonchev–Trinajstić information content (AvgIpc) is 3.30. The molecule has 0 aliphatic carbocycles. The predicted molar refractivity (Wildman–Crippen MR) is 123 cm³/mol. The molecule has 33 heavy (non-hydrogen) atoms. The van der Waals surface area contributed by atoms with Crippen molar-refractivity contribution in [2.75, 3.05) is 49.7 Å². The lowest BCUT2D eigenvalue weighted by atomic mass is 10.2. The van der Waals surface area contributed by atoms with Crippen LogP contribution in [0.5, 0.6) is 0 Å². The van der Waals surface area contributed by atoms with Gasteiger partial charge in [-0.05, 0) is 44.5 Å². The van der Waals surface area contributed by atoms with Crippen LogP contribution in [0.2, 0.25) is 0 Å². The first kappa shape index (κ1) is 23.7. The predicted octanol–water partition coefficient (Wildman–Crippen LogP) is 1.16. The van der Waals surface area contributed by atoms with E-state index < -0.39 is 25.8 Å². The third-order valence-electron chi connectivity index (χ3n) is 6.31. The zero-order chi connectivity index (χ0) is 24.0. The molecule has 2 fully saturated rings. The molecule has 0 spiro atoms. The van der Waals surface area contributed by atoms with Crippen LogP contribution in [0.3, 0.4) is 0 Å². The van der Waals surface area contributed by atoms with Gasteiger partial charge in [-0.3, -0.25) is 4.68 Å². The average molecular weight is 497 g/mol. The van der Waals surface area contributed by atoms with Crippen molar-refractivity contribution in [2.45, 2.75) is 31.2 Å². The summed E-state index contributed by atoms with van der Waals surface area (Å²) in [5.74, 6) is -0.230. The fraction of sp³-hybridized carbons (Fsp3) is 0.524. The maximum absolute atomic E-state index is 13.1. The van der Waals surface area contributed by atoms with Crippen LogP contribution in [0.4, 0.5) is 5.69 Å². The van der Waals surface area contributed by atoms with Crippen LogP contribution in [-0.4, -0.2) is 81.7 Å². The van der Waals surface area contributed by atoms with Gasteiger partial charge in [0.25, 0.3) is 0 Å². The fourth-order valence-electron chi connectivity index (χ4n) is 4.62. The first-order valence-electron chi connectivity index (χ1n) is 10.7. The number of piperazine rings is 1. The number of rotatable bonds is 5. The van der Waals surface area contributed by atoms with Gasteiger partial charge in [-0.1, -0.05) is 0 Å². The Morgan fingerprint density at radius 2 is 1.73 bits per heavy atom. The number of carbonyl (C=O) groups excluding carboxylic acids is 1. The number of aromatic nitrogens is 2. The largest absolute Gasteiger partial charge is 0.465 e. The Bertz CT molecular complexity index is 1260. The van der Waals surface area contributed by atoms with Gasteiger partial charge in [-0.2, -0.15) is 9.40 Å². The summed E-state index contributed by atoms with van der Waals surface area (Å²) in [6, 6.07) is 5.57. The molecule has 0 bridgehead atoms. The zero-order valence-corrected chi connectivity index (χ0v) is 20.5. The van der Waals surface area contributed by atoms with Gasteiger partial charge in [0.15, 0.2) is 9.84 Å². The quantitative estimate of drug-likeness (QED) is 0.566. The number of sulfone groups is 1. The fourth-order valence-corrected chi connectivity index (χ4v) is 7.73. The first-order chi connectivity index (χ1) is 15.5. The summed E-state index contributed by atoms with van der Waals surface area (Å²) in [6.07, 6.45) is 0.560. The minimum atomic E-state index is -3.69. The minimum Gasteiger partial charge on any atom is -0.465 e. The van der Waals surface area contributed by atoms with Crippen LogP contribution < -0.4 is 4.90 Å². The minimum absolute atomic E-state index is 0.106. The van der Waals surface area contributed by atoms with Crippen molar-refractivity contribution < 1.29 is 26.4 Å². The van der Waals surface area contributed by atoms with E-state index in [1.54, 1.807) is 0 Å². The highest BCUT2D eigenvalue weighted by Crippen LogP contribution is 2.32. The zero-order valence-electron chi connectivity index (χ0n) is 18.9. The number of hydrogen-bond acceptors (Lipinski definition) is 8. The Morgan fingerprint density at radius 1 is 1.09 bits per heavy atom. The van der Waals surface area contributed by atoms with E-state index in [1.165, 1.54) is 35.7 Å². The van der Waals surface area contributed by atoms with Gasteiger partial charge in [-0.15, -0.1) is 0 Å². The number of nitrogens with zero attached hydrogens (tertiary/aromatic N) is 4. The van der Waals surface area contributed by atoms with Gasteiger partial charge in [0.1, 0.15) is 0 Å². The second kappa shape index (κ2) is 8.73. The summed E-state index contributed by atoms with van der Waals surface area (Å²) < 4.78 is 57.9. The summed E-state index contributed by atoms with van der Waals surface area (Å²) in [5, 5.41) is 4.62. The van der Waals surface area contributed by atoms with E-state index >= 15 is 0 Å². The van der Waals surface area contributed by atoms with Crippen molar-refractivity contribution in [3.05, 3.63) is 41.2 Å². The van der Waals surface area contributed by atoms with E-state index in [2.05, 4.69) is 14.7 Å². The van der Waals surface area contributed by atoms with E-state index in [-0.39, 0.29) is 22.4 Å². The van der Waals surface area contributed by atoms with Crippen molar-refractivity contribution in [1.29, 1.82) is 0 Å². The van der Waals surface area contributed by atoms with Crippen molar-refractivity contribution >= 4 is 31.5 Å². The maximum atomic E-state index is 13.1. The number of anilines is 1. The number of sulfonamides is 1. The highest BCUT2D eigenvalue weighted by Gasteiger charge is 2.34. The van der Waals surface area contributed by atoms with Crippen LogP contribution in [0.1, 0.15) is 34.2 Å². The molecule has 3 heterocycles. The summed E-state index contributed by atoms with van der Waals surface area (Å²) in [4.78, 5) is 13.8. The number of aryl methyl sites for hydroxylation is 1. The molecule has 2 aliphatic heterocycles. The standard InChI is InChI=1S/C21H28N4O6S2/c1-15-20(16(2)25(22-15)18-8-13-32(27,28)14-18)23-9-11-24(12-10-23)33(29,30)19-6-4-17(5-7-19)21(26)31-3/h4-7,18H,8-14H2,1-3H3. The Morgan fingerprint density at radius 3 is 2.27 bits per heavy atom. The Hall–Kier alpha value is -2.44. The van der Waals surface area contributed by atoms with Gasteiger partial charge < -0.3 is 9.64 Å². The summed E-state index contributed by atoms with van der Waals surface area (Å²) >= 11 is 0. The monoisotopic (exact) mass is 496 g/mol. The van der Waals surface area contributed by atoms with Crippen LogP contribution in [0.15, 0.2) is 29.2 Å². The molecule has 1 aromatic carbocycles. The number of esters is 1. The SMILES string of the molecule is COC(=O)c1ccc(S(=O)(=O)N2CCN(c3c(C)nn(C4CCS(=O)(=O)C4)c3C)CC2)cc1. The number of methoxy groups -OCH3 is 1. The van der Waals surface area contributed by atoms with Gasteiger partial charge in [0.05, 0.1) is 52.2 Å². The lowest BCUT2D eigenvalue weighted by molar-refractivity contribution is 0.0600. The van der Waals surface area contributed by atoms with Crippen molar-refractivity contribution in [3.63, 3.8) is 0 Å². The molecule has 0 N–H and O–H groups in total. The highest BCUT2D eigenvalue weighted by atomic mass is 32.2. The molecule has 1 aromatic heterocycles. The lowest BCUT2D eigenvalue weighted by Gasteiger charge is -2.35. The first-order valence-corrected chi connectivity index (χ1v) is 14.0. The Labute approximate surface area is 194 Å². The number of benzene rings is 1. The third kappa shape index (κ3) is 4.51. The van der Waals surface area contributed by atoms with Crippen LogP contribution in [0.25, 0.3) is 0 Å². The van der Waals surface area contributed by atoms with Crippen LogP contribution in [-0.2, 0) is 24.6 Å². The molecule has 0 saturated carbocycles. The van der Waals surface area contributed by atoms with Gasteiger partial charge >= 0.3 is 5.97 Å². The lowest BCUT2D eigenvalue weighted by Crippen LogP contribution is -2.49. The topological polar surface area (TPSA) is 119 Å². The van der Waals surface area contributed by atoms with E-state index in [0.29, 0.717) is 38.2 Å². The maximum Gasteiger partial charge on any atom is 0.337 e. The highest BCUT2D eigenvalue weighted by molar-refractivity contribution is 7.91. The molecule has 12 heteroatoms. The number of hydrogen-bond donors (Lipinski definition) is 0. The molecular weight excluding hydrogens is 468 g/mol. The van der Waals surface area contributed by atoms with Crippen molar-refractivity contribution in [3.8, 4) is 0 Å². The Balaban J connectivity index is 1.47. The van der Waals surface area contributed by atoms with E-state index in [1.807, 2.05) is 18.5 Å². The molecule has 2 aromatic rings. The van der Waals surface area contributed by atoms with Gasteiger partial charge in [0, 0.05) is 26.2 Å². The molecule has 180 valence electrons. The number of ether oxygens (including phenoxy) is 1. The van der Waals surface area contributed by atoms with Crippen molar-refractivity contribution in [2.24, 2.45) is 0 Å². The molecule has 2 saturated heterocycles. The number of carbonyl (C=O) groups is 1. The van der Waals surface area contributed by atoms with Gasteiger partial charge in [0.2, 0.25) is 10.0 Å². The molecular formula is C21H28N4O6S2.